The van der Waals surface area contributed by atoms with Gasteiger partial charge in [-0.2, -0.15) is 30.8 Å². The van der Waals surface area contributed by atoms with E-state index in [9.17, 15) is 81.1 Å². The Labute approximate surface area is 560 Å². The van der Waals surface area contributed by atoms with Crippen LogP contribution in [-0.2, 0) is 94.7 Å². The summed E-state index contributed by atoms with van der Waals surface area (Å²) in [6.07, 6.45) is -8.42. The Morgan fingerprint density at radius 3 is 1.68 bits per heavy atom. The van der Waals surface area contributed by atoms with Crippen LogP contribution in [0.15, 0.2) is 53.8 Å². The van der Waals surface area contributed by atoms with Gasteiger partial charge in [0.15, 0.2) is 47.5 Å². The molecular weight excluding hydrogens is 1580 g/mol. The molecule has 0 bridgehead atoms. The number of aromatic nitrogens is 8. The quantitative estimate of drug-likeness (QED) is 0.0117. The maximum atomic E-state index is 15.4. The highest BCUT2D eigenvalue weighted by Crippen LogP contribution is 2.69. The van der Waals surface area contributed by atoms with Gasteiger partial charge in [-0.15, -0.1) is 11.6 Å². The molecule has 0 aliphatic carbocycles. The van der Waals surface area contributed by atoms with E-state index in [1.54, 1.807) is 6.92 Å². The largest absolute Gasteiger partial charge is 0.490 e. The van der Waals surface area contributed by atoms with Gasteiger partial charge in [-0.25, -0.2) is 75.4 Å². The number of alkyl halides is 2. The first-order valence-electron chi connectivity index (χ1n) is 26.2. The average Bonchev–Trinajstić information content (AvgIpc) is 1.60. The van der Waals surface area contributed by atoms with Crippen molar-refractivity contribution in [2.75, 3.05) is 38.7 Å². The van der Waals surface area contributed by atoms with Crippen molar-refractivity contribution in [1.82, 2.24) is 43.9 Å². The van der Waals surface area contributed by atoms with Crippen LogP contribution in [0.3, 0.4) is 0 Å². The predicted octanol–water partition coefficient (Wildman–Crippen LogP) is -0.0146. The fraction of sp³-hybridized carbons (Fsp3) is 0.583. The highest BCUT2D eigenvalue weighted by Gasteiger charge is 2.59. The lowest BCUT2D eigenvalue weighted by Gasteiger charge is -2.35. The Morgan fingerprint density at radius 1 is 0.690 bits per heavy atom. The molecule has 4 aromatic rings. The van der Waals surface area contributed by atoms with Crippen molar-refractivity contribution < 1.29 is 183 Å². The number of anilines is 1. The van der Waals surface area contributed by atoms with Gasteiger partial charge in [0.2, 0.25) is 5.88 Å². The van der Waals surface area contributed by atoms with Crippen molar-refractivity contribution in [3.05, 3.63) is 59.9 Å². The molecule has 20 N–H and O–H groups in total. The number of hydrogen-bond acceptors (Lipinski definition) is 37. The molecule has 6 unspecified atom stereocenters. The van der Waals surface area contributed by atoms with Crippen LogP contribution in [0.5, 0.6) is 5.88 Å². The monoisotopic (exact) mass is 1640 g/mol. The van der Waals surface area contributed by atoms with Gasteiger partial charge in [0.25, 0.3) is 0 Å². The zero-order valence-electron chi connectivity index (χ0n) is 50.2. The number of aliphatic hydroxyl groups is 4. The standard InChI is InChI=1S/C14H21FN7O13P3.C11H19ClN3O12P3.C11H18N5O13P3/c1-3-31-12-9-11(19-7(2)20-12)22(6-17-9)13-8(15)10(23)14(33-13,4-18-21-16)5-32-37(27,28)35-38(29,30)34-36(24,25)26;1-6-14-8(13)3-4-15(6)10-11(2,12)9(16)7(25-10)5-24-29(20,21)27-30(22,23)26-28(17,18)19;1-11(18)7(17)5(2-26-31(22,23)29-32(24,25)28-30(19,20)21)27-10(11)16-4-15-6-8(12)13-3-14-9(6)16/h6,8,10,13,23H,3-5H2,1-2H3,(H,27,28)(H,29,30)(H2,24,25,26);3-4,7,9-10,16H,1,5H2,2H3,(H2,13,14)(H,20,21)(H,22,23)(H2,17,18,19);3-5,7,10,17-18H,2H2,1H3,(H,22,23)(H,24,25)(H2,12,13,14)(H2,19,20,21)/t8-,10+,13-,14-;7-,9-,10-,11-;5-,7-,10-,11-/m111/s1. The third kappa shape index (κ3) is 22.3. The molecule has 53 nitrogen and oxygen atoms in total. The summed E-state index contributed by atoms with van der Waals surface area (Å²) in [5, 5.41) is 45.4. The number of nitrogens with zero attached hydrogens (tertiary/aromatic N) is 13. The molecule has 4 aliphatic rings. The van der Waals surface area contributed by atoms with Crippen molar-refractivity contribution >= 4 is 116 Å². The summed E-state index contributed by atoms with van der Waals surface area (Å²) in [4.78, 5) is 138. The van der Waals surface area contributed by atoms with Gasteiger partial charge in [0.05, 0.1) is 45.6 Å². The van der Waals surface area contributed by atoms with Crippen LogP contribution in [-0.4, -0.2) is 221 Å². The van der Waals surface area contributed by atoms with E-state index in [-0.39, 0.29) is 58.1 Å². The maximum absolute atomic E-state index is 15.4. The van der Waals surface area contributed by atoms with Crippen LogP contribution in [0.1, 0.15) is 39.1 Å². The summed E-state index contributed by atoms with van der Waals surface area (Å²) in [5.74, 6) is 0.624. The Kier molecular flexibility index (Phi) is 26.8. The van der Waals surface area contributed by atoms with Crippen LogP contribution >= 0.6 is 82.0 Å². The van der Waals surface area contributed by atoms with E-state index < -0.39 is 168 Å². The number of nitrogens with two attached hydrogens (primary N) is 2. The molecule has 0 spiro atoms. The van der Waals surface area contributed by atoms with Crippen LogP contribution in [0, 0.1) is 6.92 Å². The predicted molar refractivity (Wildman–Crippen MR) is 319 cm³/mol. The molecule has 3 fully saturated rings. The van der Waals surface area contributed by atoms with E-state index in [1.807, 2.05) is 0 Å². The van der Waals surface area contributed by atoms with Gasteiger partial charge in [-0.3, -0.25) is 22.7 Å². The van der Waals surface area contributed by atoms with Crippen molar-refractivity contribution in [1.29, 1.82) is 0 Å². The molecule has 0 radical (unpaired) electrons. The number of halogens is 2. The minimum atomic E-state index is -5.86. The highest BCUT2D eigenvalue weighted by atomic mass is 35.5. The molecule has 0 amide bonds. The smallest absolute Gasteiger partial charge is 0.476 e. The molecule has 8 rings (SSSR count). The topological polar surface area (TPSA) is 801 Å². The first-order valence-corrected chi connectivity index (χ1v) is 40.1. The van der Waals surface area contributed by atoms with E-state index in [2.05, 4.69) is 90.9 Å². The number of aliphatic hydroxyl groups excluding tert-OH is 3. The van der Waals surface area contributed by atoms with Crippen LogP contribution in [0.2, 0.25) is 0 Å². The number of azide groups is 1. The Bertz CT molecular complexity index is 4270. The van der Waals surface area contributed by atoms with Gasteiger partial charge < -0.3 is 114 Å². The third-order valence-corrected chi connectivity index (χ3v) is 24.6. The number of phosphoric ester groups is 3. The molecule has 0 aromatic carbocycles. The lowest BCUT2D eigenvalue weighted by Crippen LogP contribution is -2.48. The molecule has 4 aromatic heterocycles. The minimum Gasteiger partial charge on any atom is -0.476 e. The number of imidazole rings is 2. The first kappa shape index (κ1) is 84.9. The van der Waals surface area contributed by atoms with Crippen molar-refractivity contribution in [3.63, 3.8) is 0 Å². The number of fused-ring (bicyclic) bond motifs is 2. The van der Waals surface area contributed by atoms with Crippen molar-refractivity contribution in [2.45, 2.75) is 99.1 Å². The van der Waals surface area contributed by atoms with E-state index in [0.717, 1.165) is 17.2 Å². The Balaban J connectivity index is 0.000000238. The number of amidine groups is 1. The van der Waals surface area contributed by atoms with Crippen molar-refractivity contribution in [2.24, 2.45) is 15.8 Å². The molecule has 564 valence electrons. The second-order valence-corrected chi connectivity index (χ2v) is 34.5. The Hall–Kier alpha value is -4.07. The number of rotatable bonds is 28. The highest BCUT2D eigenvalue weighted by molar-refractivity contribution is 7.67. The molecule has 18 atom stereocenters. The van der Waals surface area contributed by atoms with E-state index in [1.165, 1.54) is 48.8 Å². The minimum absolute atomic E-state index is 0.0215. The fourth-order valence-corrected chi connectivity index (χ4v) is 18.2. The first-order chi connectivity index (χ1) is 45.5. The van der Waals surface area contributed by atoms with Gasteiger partial charge >= 0.3 is 70.4 Å². The molecule has 8 heterocycles. The molecule has 0 saturated carbocycles. The fourth-order valence-electron chi connectivity index (χ4n) is 8.80. The van der Waals surface area contributed by atoms with Crippen LogP contribution < -0.4 is 16.2 Å². The van der Waals surface area contributed by atoms with Gasteiger partial charge in [0.1, 0.15) is 75.9 Å². The number of nitrogen functional groups attached to an aromatic ring is 1. The summed E-state index contributed by atoms with van der Waals surface area (Å²) in [6, 6.07) is 0. The summed E-state index contributed by atoms with van der Waals surface area (Å²) in [5.41, 5.74) is 16.0. The Morgan fingerprint density at radius 2 is 1.18 bits per heavy atom. The molecule has 64 heteroatoms. The molecule has 3 saturated heterocycles. The number of phosphoric acid groups is 9. The van der Waals surface area contributed by atoms with Gasteiger partial charge in [0, 0.05) is 11.1 Å². The summed E-state index contributed by atoms with van der Waals surface area (Å²) < 4.78 is 177. The second kappa shape index (κ2) is 31.6. The van der Waals surface area contributed by atoms with Crippen LogP contribution in [0.4, 0.5) is 10.2 Å². The zero-order chi connectivity index (χ0) is 75.8. The van der Waals surface area contributed by atoms with E-state index in [4.69, 9.17) is 86.7 Å². The normalized spacial score (nSPS) is 30.1. The SMILES string of the molecule is C=C1N=C(N)C=CN1[C@@H]1O[C@H](COP(=O)(O)OP(=O)(O)OP(=O)(O)O)[C@@H](O)[C@@]1(C)Cl.CCOc1nc(C)nc2c1ncn2[C@@H]1O[C@](CN=[N+]=[N-])(COP(=O)(O)OP(=O)(O)OP(=O)(O)O)[C@@H](O)[C@H]1F.C[C@@]1(O)[C@H](O)[C@@H](COP(=O)(O)OP(=O)(O)OP(=O)(O)O)O[C@H]1n1cnc2c(N)ncnc21. The molecular formula is C36H58ClFN15O38P9. The number of aliphatic imine (C=N–C) groups is 1. The van der Waals surface area contributed by atoms with Crippen molar-refractivity contribution in [3.8, 4) is 5.88 Å². The van der Waals surface area contributed by atoms with E-state index >= 15 is 4.39 Å². The lowest BCUT2D eigenvalue weighted by molar-refractivity contribution is -0.118. The van der Waals surface area contributed by atoms with Gasteiger partial charge in [-0.05, 0) is 39.3 Å². The zero-order valence-corrected chi connectivity index (χ0v) is 59.0. The number of ether oxygens (including phenoxy) is 4. The number of aryl methyl sites for hydroxylation is 1. The number of hydrogen-bond donors (Lipinski definition) is 18. The van der Waals surface area contributed by atoms with Gasteiger partial charge in [-0.1, -0.05) is 11.7 Å². The van der Waals surface area contributed by atoms with Crippen LogP contribution in [0.25, 0.3) is 32.8 Å². The summed E-state index contributed by atoms with van der Waals surface area (Å²) in [7, 11) is -50.5. The average molecular weight is 1640 g/mol. The third-order valence-electron chi connectivity index (χ3n) is 12.8. The molecule has 100 heavy (non-hydrogen) atoms. The summed E-state index contributed by atoms with van der Waals surface area (Å²) in [6.45, 7) is 5.66. The van der Waals surface area contributed by atoms with E-state index in [0.29, 0.717) is 0 Å². The maximum Gasteiger partial charge on any atom is 0.490 e. The second-order valence-electron chi connectivity index (χ2n) is 20.4. The summed E-state index contributed by atoms with van der Waals surface area (Å²) >= 11 is 6.36. The molecule has 4 aliphatic heterocycles. The lowest BCUT2D eigenvalue weighted by atomic mass is 9.96.